The van der Waals surface area contributed by atoms with Gasteiger partial charge >= 0.3 is 0 Å². The molecule has 0 radical (unpaired) electrons. The number of carbonyl (C=O) groups is 2. The lowest BCUT2D eigenvalue weighted by molar-refractivity contribution is -0.142. The number of rotatable bonds is 7. The molecule has 0 fully saturated rings. The van der Waals surface area contributed by atoms with Gasteiger partial charge in [-0.3, -0.25) is 9.59 Å². The number of hydrogen-bond acceptors (Lipinski definition) is 3. The largest absolute Gasteiger partial charge is 0.483 e. The number of hydrogen-bond donors (Lipinski definition) is 1. The molecule has 0 aliphatic carbocycles. The van der Waals surface area contributed by atoms with Crippen molar-refractivity contribution in [3.05, 3.63) is 64.2 Å². The Morgan fingerprint density at radius 1 is 1.13 bits per heavy atom. The van der Waals surface area contributed by atoms with Crippen molar-refractivity contribution in [2.75, 3.05) is 6.61 Å². The van der Waals surface area contributed by atoms with Crippen LogP contribution >= 0.6 is 11.6 Å². The Morgan fingerprint density at radius 2 is 1.80 bits per heavy atom. The zero-order valence-electron chi connectivity index (χ0n) is 18.6. The Balaban J connectivity index is 2.22. The van der Waals surface area contributed by atoms with Crippen molar-refractivity contribution in [1.82, 2.24) is 10.2 Å². The van der Waals surface area contributed by atoms with E-state index < -0.39 is 11.6 Å². The third kappa shape index (κ3) is 6.77. The molecule has 5 nitrogen and oxygen atoms in total. The van der Waals surface area contributed by atoms with Gasteiger partial charge in [-0.1, -0.05) is 41.9 Å². The van der Waals surface area contributed by atoms with Gasteiger partial charge < -0.3 is 15.0 Å². The molecule has 0 unspecified atom stereocenters. The summed E-state index contributed by atoms with van der Waals surface area (Å²) in [5, 5.41) is 3.49. The van der Waals surface area contributed by atoms with E-state index in [1.807, 2.05) is 71.0 Å². The molecule has 6 heteroatoms. The number of nitrogens with zero attached hydrogens (tertiary/aromatic N) is 1. The molecule has 2 amide bonds. The van der Waals surface area contributed by atoms with Gasteiger partial charge in [0.25, 0.3) is 5.91 Å². The number of carbonyl (C=O) groups excluding carboxylic acids is 2. The van der Waals surface area contributed by atoms with Gasteiger partial charge in [0.1, 0.15) is 11.8 Å². The third-order valence-corrected chi connectivity index (χ3v) is 5.03. The average molecular weight is 431 g/mol. The number of amides is 2. The molecule has 0 aliphatic rings. The summed E-state index contributed by atoms with van der Waals surface area (Å²) in [5.74, 6) is 0.148. The average Bonchev–Trinajstić information content (AvgIpc) is 2.66. The molecule has 0 aliphatic heterocycles. The van der Waals surface area contributed by atoms with Gasteiger partial charge in [0.15, 0.2) is 6.61 Å². The molecule has 0 heterocycles. The Bertz CT molecular complexity index is 906. The molecule has 1 atom stereocenters. The summed E-state index contributed by atoms with van der Waals surface area (Å²) < 4.78 is 5.80. The lowest BCUT2D eigenvalue weighted by Crippen LogP contribution is -2.53. The van der Waals surface area contributed by atoms with E-state index in [1.54, 1.807) is 13.0 Å². The molecule has 0 spiro atoms. The molecular weight excluding hydrogens is 400 g/mol. The highest BCUT2D eigenvalue weighted by Crippen LogP contribution is 2.21. The molecule has 0 bridgehead atoms. The lowest BCUT2D eigenvalue weighted by Gasteiger charge is -2.31. The molecule has 162 valence electrons. The van der Waals surface area contributed by atoms with Crippen molar-refractivity contribution in [3.63, 3.8) is 0 Å². The number of ether oxygens (including phenoxy) is 1. The summed E-state index contributed by atoms with van der Waals surface area (Å²) in [6.07, 6.45) is 0. The second-order valence-corrected chi connectivity index (χ2v) is 8.99. The highest BCUT2D eigenvalue weighted by atomic mass is 35.5. The van der Waals surface area contributed by atoms with Crippen molar-refractivity contribution in [1.29, 1.82) is 0 Å². The van der Waals surface area contributed by atoms with Gasteiger partial charge in [0.2, 0.25) is 5.91 Å². The van der Waals surface area contributed by atoms with Crippen LogP contribution in [0.15, 0.2) is 42.5 Å². The van der Waals surface area contributed by atoms with Crippen LogP contribution < -0.4 is 10.1 Å². The van der Waals surface area contributed by atoms with Gasteiger partial charge in [0.05, 0.1) is 0 Å². The van der Waals surface area contributed by atoms with E-state index in [4.69, 9.17) is 16.3 Å². The fourth-order valence-electron chi connectivity index (χ4n) is 2.95. The van der Waals surface area contributed by atoms with Crippen LogP contribution in [0.25, 0.3) is 0 Å². The van der Waals surface area contributed by atoms with E-state index >= 15 is 0 Å². The molecule has 0 saturated heterocycles. The quantitative estimate of drug-likeness (QED) is 0.694. The molecule has 2 aromatic rings. The van der Waals surface area contributed by atoms with Crippen LogP contribution in [0.3, 0.4) is 0 Å². The summed E-state index contributed by atoms with van der Waals surface area (Å²) in [4.78, 5) is 27.4. The maximum absolute atomic E-state index is 13.1. The van der Waals surface area contributed by atoms with E-state index in [0.717, 1.165) is 16.7 Å². The van der Waals surface area contributed by atoms with Crippen LogP contribution in [0, 0.1) is 13.8 Å². The Labute approximate surface area is 184 Å². The SMILES string of the molecule is Cc1ccc(C)c(OCC(=O)N(Cc2ccccc2Cl)[C@H](C)C(=O)NC(C)(C)C)c1. The Morgan fingerprint density at radius 3 is 2.43 bits per heavy atom. The molecular formula is C24H31ClN2O3. The Hall–Kier alpha value is -2.53. The van der Waals surface area contributed by atoms with Gasteiger partial charge in [0, 0.05) is 17.1 Å². The van der Waals surface area contributed by atoms with Gasteiger partial charge in [-0.25, -0.2) is 0 Å². The molecule has 30 heavy (non-hydrogen) atoms. The van der Waals surface area contributed by atoms with Crippen molar-refractivity contribution in [3.8, 4) is 5.75 Å². The predicted molar refractivity (Wildman–Crippen MR) is 121 cm³/mol. The highest BCUT2D eigenvalue weighted by molar-refractivity contribution is 6.31. The minimum absolute atomic E-state index is 0.165. The van der Waals surface area contributed by atoms with Crippen LogP contribution in [-0.2, 0) is 16.1 Å². The molecule has 0 aromatic heterocycles. The van der Waals surface area contributed by atoms with Gasteiger partial charge in [-0.15, -0.1) is 0 Å². The standard InChI is InChI=1S/C24H31ClN2O3/c1-16-11-12-17(2)21(13-16)30-15-22(28)27(14-19-9-7-8-10-20(19)25)18(3)23(29)26-24(4,5)6/h7-13,18H,14-15H2,1-6H3,(H,26,29)/t18-/m1/s1. The van der Waals surface area contributed by atoms with Crippen molar-refractivity contribution in [2.45, 2.75) is 59.7 Å². The first-order chi connectivity index (χ1) is 14.0. The topological polar surface area (TPSA) is 58.6 Å². The van der Waals surface area contributed by atoms with E-state index in [9.17, 15) is 9.59 Å². The summed E-state index contributed by atoms with van der Waals surface area (Å²) in [6, 6.07) is 12.5. The number of nitrogens with one attached hydrogen (secondary N) is 1. The van der Waals surface area contributed by atoms with Crippen LogP contribution in [-0.4, -0.2) is 34.9 Å². The minimum Gasteiger partial charge on any atom is -0.483 e. The summed E-state index contributed by atoms with van der Waals surface area (Å²) in [6.45, 7) is 11.4. The summed E-state index contributed by atoms with van der Waals surface area (Å²) in [5.41, 5.74) is 2.37. The molecule has 0 saturated carbocycles. The highest BCUT2D eigenvalue weighted by Gasteiger charge is 2.29. The predicted octanol–water partition coefficient (Wildman–Crippen LogP) is 4.67. The first-order valence-corrected chi connectivity index (χ1v) is 10.4. The normalized spacial score (nSPS) is 12.2. The maximum atomic E-state index is 13.1. The number of halogens is 1. The van der Waals surface area contributed by atoms with Crippen molar-refractivity contribution in [2.24, 2.45) is 0 Å². The van der Waals surface area contributed by atoms with E-state index in [2.05, 4.69) is 5.32 Å². The van der Waals surface area contributed by atoms with E-state index in [1.165, 1.54) is 4.90 Å². The van der Waals surface area contributed by atoms with E-state index in [0.29, 0.717) is 10.8 Å². The fraction of sp³-hybridized carbons (Fsp3) is 0.417. The van der Waals surface area contributed by atoms with Crippen LogP contribution in [0.5, 0.6) is 5.75 Å². The summed E-state index contributed by atoms with van der Waals surface area (Å²) in [7, 11) is 0. The van der Waals surface area contributed by atoms with Crippen LogP contribution in [0.4, 0.5) is 0 Å². The van der Waals surface area contributed by atoms with Gasteiger partial charge in [-0.05, 0) is 70.4 Å². The first-order valence-electron chi connectivity index (χ1n) is 10.0. The van der Waals surface area contributed by atoms with Crippen molar-refractivity contribution < 1.29 is 14.3 Å². The smallest absolute Gasteiger partial charge is 0.261 e. The molecule has 2 aromatic carbocycles. The third-order valence-electron chi connectivity index (χ3n) is 4.66. The first kappa shape index (κ1) is 23.7. The van der Waals surface area contributed by atoms with Crippen LogP contribution in [0.1, 0.15) is 44.4 Å². The zero-order valence-corrected chi connectivity index (χ0v) is 19.3. The van der Waals surface area contributed by atoms with Crippen LogP contribution in [0.2, 0.25) is 5.02 Å². The van der Waals surface area contributed by atoms with E-state index in [-0.39, 0.29) is 25.0 Å². The lowest BCUT2D eigenvalue weighted by atomic mass is 10.1. The molecule has 2 rings (SSSR count). The maximum Gasteiger partial charge on any atom is 0.261 e. The second kappa shape index (κ2) is 9.98. The van der Waals surface area contributed by atoms with Crippen molar-refractivity contribution >= 4 is 23.4 Å². The summed E-state index contributed by atoms with van der Waals surface area (Å²) >= 11 is 6.31. The number of benzene rings is 2. The molecule has 1 N–H and O–H groups in total. The second-order valence-electron chi connectivity index (χ2n) is 8.59. The number of aryl methyl sites for hydroxylation is 2. The monoisotopic (exact) mass is 430 g/mol. The van der Waals surface area contributed by atoms with Gasteiger partial charge in [-0.2, -0.15) is 0 Å². The fourth-order valence-corrected chi connectivity index (χ4v) is 3.15. The Kier molecular flexibility index (Phi) is 7.90. The zero-order chi connectivity index (χ0) is 22.5. The minimum atomic E-state index is -0.685.